The molecule has 13 heavy (non-hydrogen) atoms. The minimum atomic E-state index is 0.711. The van der Waals surface area contributed by atoms with E-state index in [0.717, 1.165) is 22.8 Å². The third-order valence-corrected chi connectivity index (χ3v) is 1.89. The third kappa shape index (κ3) is 2.84. The molecule has 0 aliphatic carbocycles. The lowest BCUT2D eigenvalue weighted by Crippen LogP contribution is -1.97. The Morgan fingerprint density at radius 2 is 2.08 bits per heavy atom. The molecule has 0 heterocycles. The summed E-state index contributed by atoms with van der Waals surface area (Å²) < 4.78 is 10.6. The number of rotatable bonds is 4. The van der Waals surface area contributed by atoms with Crippen molar-refractivity contribution in [2.24, 2.45) is 0 Å². The van der Waals surface area contributed by atoms with Crippen LogP contribution >= 0.6 is 12.6 Å². The maximum absolute atomic E-state index is 5.47. The molecule has 0 N–H and O–H groups in total. The fourth-order valence-electron chi connectivity index (χ4n) is 0.988. The minimum absolute atomic E-state index is 0.711. The number of hydrogen-bond donors (Lipinski definition) is 1. The second-order valence-electron chi connectivity index (χ2n) is 2.68. The number of thiol groups is 1. The highest BCUT2D eigenvalue weighted by atomic mass is 32.1. The number of methoxy groups -OCH3 is 1. The highest BCUT2D eigenvalue weighted by Gasteiger charge is 2.03. The number of hydrogen-bond acceptors (Lipinski definition) is 3. The Labute approximate surface area is 84.3 Å². The van der Waals surface area contributed by atoms with E-state index in [4.69, 9.17) is 9.47 Å². The molecule has 3 heteroatoms. The second-order valence-corrected chi connectivity index (χ2v) is 3.20. The maximum atomic E-state index is 5.47. The van der Waals surface area contributed by atoms with Gasteiger partial charge in [-0.15, -0.1) is 12.6 Å². The highest BCUT2D eigenvalue weighted by Crippen LogP contribution is 2.29. The Morgan fingerprint density at radius 3 is 2.69 bits per heavy atom. The molecule has 0 spiro atoms. The van der Waals surface area contributed by atoms with Crippen molar-refractivity contribution in [2.75, 3.05) is 13.7 Å². The van der Waals surface area contributed by atoms with Crippen molar-refractivity contribution in [1.29, 1.82) is 0 Å². The van der Waals surface area contributed by atoms with Gasteiger partial charge in [0.25, 0.3) is 0 Å². The fourth-order valence-corrected chi connectivity index (χ4v) is 1.18. The van der Waals surface area contributed by atoms with E-state index in [1.807, 2.05) is 18.2 Å². The SMILES string of the molecule is CCCOc1ccc(S)cc1OC. The van der Waals surface area contributed by atoms with Crippen molar-refractivity contribution in [2.45, 2.75) is 18.2 Å². The molecule has 0 bridgehead atoms. The molecule has 72 valence electrons. The molecule has 0 saturated heterocycles. The van der Waals surface area contributed by atoms with Crippen LogP contribution in [0.1, 0.15) is 13.3 Å². The van der Waals surface area contributed by atoms with Crippen molar-refractivity contribution in [1.82, 2.24) is 0 Å². The largest absolute Gasteiger partial charge is 0.493 e. The van der Waals surface area contributed by atoms with Gasteiger partial charge in [-0.25, -0.2) is 0 Å². The molecular formula is C10H14O2S. The average Bonchev–Trinajstić information content (AvgIpc) is 2.16. The molecule has 0 aliphatic heterocycles. The van der Waals surface area contributed by atoms with Gasteiger partial charge in [-0.05, 0) is 24.6 Å². The van der Waals surface area contributed by atoms with Crippen LogP contribution in [0.4, 0.5) is 0 Å². The summed E-state index contributed by atoms with van der Waals surface area (Å²) in [5, 5.41) is 0. The molecule has 2 nitrogen and oxygen atoms in total. The van der Waals surface area contributed by atoms with Crippen LogP contribution in [0.2, 0.25) is 0 Å². The molecule has 0 atom stereocenters. The molecule has 0 amide bonds. The van der Waals surface area contributed by atoms with Gasteiger partial charge in [-0.2, -0.15) is 0 Å². The first kappa shape index (κ1) is 10.3. The van der Waals surface area contributed by atoms with Crippen LogP contribution in [0.15, 0.2) is 23.1 Å². The molecule has 0 saturated carbocycles. The molecular weight excluding hydrogens is 184 g/mol. The summed E-state index contributed by atoms with van der Waals surface area (Å²) in [6.45, 7) is 2.78. The molecule has 0 radical (unpaired) electrons. The Morgan fingerprint density at radius 1 is 1.31 bits per heavy atom. The number of ether oxygens (including phenoxy) is 2. The van der Waals surface area contributed by atoms with Crippen LogP contribution in [0.25, 0.3) is 0 Å². The van der Waals surface area contributed by atoms with Gasteiger partial charge in [0, 0.05) is 4.90 Å². The molecule has 1 rings (SSSR count). The van der Waals surface area contributed by atoms with Crippen LogP contribution in [0.3, 0.4) is 0 Å². The van der Waals surface area contributed by atoms with Crippen molar-refractivity contribution in [3.05, 3.63) is 18.2 Å². The standard InChI is InChI=1S/C10H14O2S/c1-3-6-12-9-5-4-8(13)7-10(9)11-2/h4-5,7,13H,3,6H2,1-2H3. The van der Waals surface area contributed by atoms with Gasteiger partial charge >= 0.3 is 0 Å². The molecule has 1 aromatic carbocycles. The van der Waals surface area contributed by atoms with Gasteiger partial charge in [0.15, 0.2) is 11.5 Å². The van der Waals surface area contributed by atoms with E-state index in [-0.39, 0.29) is 0 Å². The topological polar surface area (TPSA) is 18.5 Å². The number of benzene rings is 1. The van der Waals surface area contributed by atoms with Gasteiger partial charge in [0.1, 0.15) is 0 Å². The van der Waals surface area contributed by atoms with E-state index in [2.05, 4.69) is 19.6 Å². The van der Waals surface area contributed by atoms with Gasteiger partial charge in [0.05, 0.1) is 13.7 Å². The smallest absolute Gasteiger partial charge is 0.161 e. The molecule has 0 aliphatic rings. The second kappa shape index (κ2) is 5.02. The summed E-state index contributed by atoms with van der Waals surface area (Å²) in [6.07, 6.45) is 0.992. The van der Waals surface area contributed by atoms with Crippen LogP contribution in [-0.4, -0.2) is 13.7 Å². The van der Waals surface area contributed by atoms with Gasteiger partial charge in [-0.3, -0.25) is 0 Å². The predicted molar refractivity (Wildman–Crippen MR) is 56.0 cm³/mol. The van der Waals surface area contributed by atoms with Crippen molar-refractivity contribution < 1.29 is 9.47 Å². The first-order valence-corrected chi connectivity index (χ1v) is 4.72. The van der Waals surface area contributed by atoms with Gasteiger partial charge < -0.3 is 9.47 Å². The summed E-state index contributed by atoms with van der Waals surface area (Å²) in [6, 6.07) is 5.60. The Hall–Kier alpha value is -0.830. The quantitative estimate of drug-likeness (QED) is 0.750. The van der Waals surface area contributed by atoms with E-state index >= 15 is 0 Å². The zero-order valence-corrected chi connectivity index (χ0v) is 8.80. The molecule has 0 fully saturated rings. The maximum Gasteiger partial charge on any atom is 0.161 e. The summed E-state index contributed by atoms with van der Waals surface area (Å²) in [7, 11) is 1.63. The zero-order valence-electron chi connectivity index (χ0n) is 7.91. The highest BCUT2D eigenvalue weighted by molar-refractivity contribution is 7.80. The predicted octanol–water partition coefficient (Wildman–Crippen LogP) is 2.77. The molecule has 0 unspecified atom stereocenters. The summed E-state index contributed by atoms with van der Waals surface area (Å²) in [5.41, 5.74) is 0. The van der Waals surface area contributed by atoms with Crippen LogP contribution in [-0.2, 0) is 0 Å². The minimum Gasteiger partial charge on any atom is -0.493 e. The first-order chi connectivity index (χ1) is 6.27. The summed E-state index contributed by atoms with van der Waals surface area (Å²) in [4.78, 5) is 0.876. The van der Waals surface area contributed by atoms with E-state index in [1.165, 1.54) is 0 Å². The van der Waals surface area contributed by atoms with Crippen LogP contribution in [0.5, 0.6) is 11.5 Å². The lowest BCUT2D eigenvalue weighted by atomic mass is 10.3. The van der Waals surface area contributed by atoms with Crippen LogP contribution in [0, 0.1) is 0 Å². The normalized spacial score (nSPS) is 9.77. The monoisotopic (exact) mass is 198 g/mol. The van der Waals surface area contributed by atoms with Crippen molar-refractivity contribution in [3.63, 3.8) is 0 Å². The van der Waals surface area contributed by atoms with Crippen molar-refractivity contribution in [3.8, 4) is 11.5 Å². The molecule has 0 aromatic heterocycles. The average molecular weight is 198 g/mol. The van der Waals surface area contributed by atoms with Gasteiger partial charge in [0.2, 0.25) is 0 Å². The van der Waals surface area contributed by atoms with E-state index in [1.54, 1.807) is 7.11 Å². The van der Waals surface area contributed by atoms with Gasteiger partial charge in [-0.1, -0.05) is 6.92 Å². The Kier molecular flexibility index (Phi) is 3.96. The molecule has 1 aromatic rings. The zero-order chi connectivity index (χ0) is 9.68. The van der Waals surface area contributed by atoms with E-state index in [9.17, 15) is 0 Å². The fraction of sp³-hybridized carbons (Fsp3) is 0.400. The first-order valence-electron chi connectivity index (χ1n) is 4.27. The van der Waals surface area contributed by atoms with E-state index in [0.29, 0.717) is 6.61 Å². The summed E-state index contributed by atoms with van der Waals surface area (Å²) in [5.74, 6) is 1.52. The summed E-state index contributed by atoms with van der Waals surface area (Å²) >= 11 is 4.21. The van der Waals surface area contributed by atoms with Crippen LogP contribution < -0.4 is 9.47 Å². The van der Waals surface area contributed by atoms with E-state index < -0.39 is 0 Å². The Balaban J connectivity index is 2.79. The third-order valence-electron chi connectivity index (χ3n) is 1.61. The Bertz CT molecular complexity index is 274. The lowest BCUT2D eigenvalue weighted by molar-refractivity contribution is 0.294. The van der Waals surface area contributed by atoms with Crippen molar-refractivity contribution >= 4 is 12.6 Å². The lowest BCUT2D eigenvalue weighted by Gasteiger charge is -2.09.